The van der Waals surface area contributed by atoms with Crippen molar-refractivity contribution in [2.75, 3.05) is 0 Å². The van der Waals surface area contributed by atoms with Gasteiger partial charge in [0.2, 0.25) is 0 Å². The Bertz CT molecular complexity index is 2930. The topological polar surface area (TPSA) is 0 Å². The first-order valence-electron chi connectivity index (χ1n) is 18.2. The molecule has 0 aromatic heterocycles. The van der Waals surface area contributed by atoms with E-state index in [1.165, 1.54) is 0 Å². The van der Waals surface area contributed by atoms with E-state index in [1.807, 2.05) is 109 Å². The van der Waals surface area contributed by atoms with E-state index in [2.05, 4.69) is 18.2 Å². The van der Waals surface area contributed by atoms with E-state index in [1.54, 1.807) is 0 Å². The van der Waals surface area contributed by atoms with Gasteiger partial charge < -0.3 is 0 Å². The first-order valence-corrected chi connectivity index (χ1v) is 14.7. The molecule has 0 aliphatic rings. The predicted octanol–water partition coefficient (Wildman–Crippen LogP) is 12.5. The lowest BCUT2D eigenvalue weighted by atomic mass is 9.84. The van der Waals surface area contributed by atoms with Crippen LogP contribution in [0, 0.1) is 0 Å². The third kappa shape index (κ3) is 3.92. The molecule has 0 aliphatic heterocycles. The van der Waals surface area contributed by atoms with Crippen molar-refractivity contribution in [3.8, 4) is 33.4 Å². The second-order valence-electron chi connectivity index (χ2n) is 11.2. The second kappa shape index (κ2) is 9.93. The van der Waals surface area contributed by atoms with Crippen molar-refractivity contribution in [2.45, 2.75) is 0 Å². The third-order valence-corrected chi connectivity index (χ3v) is 8.63. The van der Waals surface area contributed by atoms with Crippen molar-refractivity contribution >= 4 is 53.9 Å². The Balaban J connectivity index is 1.54. The van der Waals surface area contributed by atoms with Crippen molar-refractivity contribution in [1.29, 1.82) is 0 Å². The van der Waals surface area contributed by atoms with Gasteiger partial charge in [-0.2, -0.15) is 0 Å². The first kappa shape index (κ1) is 18.7. The first-order chi connectivity index (χ1) is 24.7. The number of benzene rings is 9. The Morgan fingerprint density at radius 2 is 0.886 bits per heavy atom. The average Bonchev–Trinajstić information content (AvgIpc) is 3.17. The van der Waals surface area contributed by atoms with Crippen LogP contribution in [0.15, 0.2) is 170 Å². The highest BCUT2D eigenvalue weighted by Crippen LogP contribution is 2.46. The summed E-state index contributed by atoms with van der Waals surface area (Å²) in [5.74, 6) is 0. The van der Waals surface area contributed by atoms with Gasteiger partial charge in [-0.15, -0.1) is 0 Å². The van der Waals surface area contributed by atoms with Gasteiger partial charge in [0.1, 0.15) is 0 Å². The van der Waals surface area contributed by atoms with Gasteiger partial charge >= 0.3 is 0 Å². The van der Waals surface area contributed by atoms with Gasteiger partial charge in [0.25, 0.3) is 0 Å². The Morgan fingerprint density at radius 1 is 0.318 bits per heavy atom. The minimum Gasteiger partial charge on any atom is -0.0622 e. The van der Waals surface area contributed by atoms with Gasteiger partial charge in [0.05, 0.1) is 9.60 Å². The molecule has 0 N–H and O–H groups in total. The third-order valence-electron chi connectivity index (χ3n) is 8.63. The minimum absolute atomic E-state index is 0.0303. The molecule has 0 spiro atoms. The molecule has 0 nitrogen and oxygen atoms in total. The summed E-state index contributed by atoms with van der Waals surface area (Å²) in [5, 5.41) is 7.29. The van der Waals surface area contributed by atoms with Gasteiger partial charge in [-0.05, 0) is 105 Å². The Morgan fingerprint density at radius 3 is 1.70 bits per heavy atom. The molecule has 0 fully saturated rings. The molecule has 0 amide bonds. The van der Waals surface area contributed by atoms with E-state index in [4.69, 9.17) is 2.74 Å². The van der Waals surface area contributed by atoms with E-state index in [9.17, 15) is 6.85 Å². The van der Waals surface area contributed by atoms with Crippen LogP contribution in [-0.2, 0) is 0 Å². The quantitative estimate of drug-likeness (QED) is 0.148. The average molecular weight is 564 g/mol. The van der Waals surface area contributed by atoms with Crippen molar-refractivity contribution in [2.24, 2.45) is 0 Å². The molecule has 0 heterocycles. The smallest absolute Gasteiger partial charge is 0.0622 e. The van der Waals surface area contributed by atoms with Crippen LogP contribution in [0.5, 0.6) is 0 Å². The molecule has 204 valence electrons. The fourth-order valence-corrected chi connectivity index (χ4v) is 6.56. The molecule has 0 atom stereocenters. The molecule has 9 rings (SSSR count). The maximum absolute atomic E-state index is 9.85. The van der Waals surface area contributed by atoms with E-state index >= 15 is 0 Å². The van der Waals surface area contributed by atoms with Gasteiger partial charge in [0, 0.05) is 0 Å². The van der Waals surface area contributed by atoms with E-state index in [-0.39, 0.29) is 53.1 Å². The van der Waals surface area contributed by atoms with Crippen LogP contribution in [0.2, 0.25) is 0 Å². The maximum atomic E-state index is 9.85. The van der Waals surface area contributed by atoms with Crippen molar-refractivity contribution in [1.82, 2.24) is 0 Å². The van der Waals surface area contributed by atoms with Crippen molar-refractivity contribution in [3.63, 3.8) is 0 Å². The lowest BCUT2D eigenvalue weighted by Crippen LogP contribution is -1.92. The normalized spacial score (nSPS) is 13.9. The van der Waals surface area contributed by atoms with Gasteiger partial charge in [-0.1, -0.05) is 152 Å². The Labute approximate surface area is 266 Å². The van der Waals surface area contributed by atoms with E-state index in [0.717, 1.165) is 32.3 Å². The molecule has 0 heteroatoms. The fourth-order valence-electron chi connectivity index (χ4n) is 6.56. The van der Waals surface area contributed by atoms with Crippen molar-refractivity contribution < 1.29 is 9.60 Å². The maximum Gasteiger partial charge on any atom is 0.0636 e. The summed E-state index contributed by atoms with van der Waals surface area (Å²) in [4.78, 5) is 0. The van der Waals surface area contributed by atoms with Crippen molar-refractivity contribution in [3.05, 3.63) is 170 Å². The Hall–Kier alpha value is -5.72. The monoisotopic (exact) mass is 563 g/mol. The zero-order valence-corrected chi connectivity index (χ0v) is 23.6. The van der Waals surface area contributed by atoms with Crippen LogP contribution in [-0.4, -0.2) is 0 Å². The summed E-state index contributed by atoms with van der Waals surface area (Å²) < 4.78 is 65.2. The lowest BCUT2D eigenvalue weighted by molar-refractivity contribution is 1.64. The largest absolute Gasteiger partial charge is 0.0636 e. The lowest BCUT2D eigenvalue weighted by Gasteiger charge is -2.19. The molecule has 44 heavy (non-hydrogen) atoms. The van der Waals surface area contributed by atoms with Gasteiger partial charge in [-0.3, -0.25) is 0 Å². The van der Waals surface area contributed by atoms with Crippen LogP contribution in [0.3, 0.4) is 0 Å². The molecule has 9 aromatic rings. The number of fused-ring (bicyclic) bond motifs is 6. The second-order valence-corrected chi connectivity index (χ2v) is 11.2. The van der Waals surface area contributed by atoms with Crippen LogP contribution in [0.4, 0.5) is 0 Å². The van der Waals surface area contributed by atoms with Gasteiger partial charge in [0.15, 0.2) is 0 Å². The highest BCUT2D eigenvalue weighted by molar-refractivity contribution is 6.23. The summed E-state index contributed by atoms with van der Waals surface area (Å²) in [7, 11) is 0. The molecule has 0 radical (unpaired) electrons. The molecule has 0 saturated heterocycles. The molecular formula is C44H28. The van der Waals surface area contributed by atoms with Crippen LogP contribution in [0.25, 0.3) is 87.2 Å². The van der Waals surface area contributed by atoms with Crippen LogP contribution >= 0.6 is 0 Å². The summed E-state index contributed by atoms with van der Waals surface area (Å²) in [6.07, 6.45) is 0. The summed E-state index contributed by atoms with van der Waals surface area (Å²) in [5.41, 5.74) is 3.09. The van der Waals surface area contributed by atoms with E-state index < -0.39 is 0 Å². The summed E-state index contributed by atoms with van der Waals surface area (Å²) >= 11 is 0. The molecule has 0 bridgehead atoms. The molecular weight excluding hydrogens is 528 g/mol. The molecule has 0 unspecified atom stereocenters. The minimum atomic E-state index is -0.381. The molecule has 0 saturated carbocycles. The summed E-state index contributed by atoms with van der Waals surface area (Å²) in [6.45, 7) is 0. The van der Waals surface area contributed by atoms with E-state index in [0.29, 0.717) is 44.2 Å². The zero-order valence-electron chi connectivity index (χ0n) is 30.6. The molecule has 0 aliphatic carbocycles. The Kier molecular flexibility index (Phi) is 4.23. The highest BCUT2D eigenvalue weighted by atomic mass is 14.2. The summed E-state index contributed by atoms with van der Waals surface area (Å²) in [6, 6.07) is 39.7. The van der Waals surface area contributed by atoms with Crippen LogP contribution < -0.4 is 0 Å². The fraction of sp³-hybridized carbons (Fsp3) is 0. The number of rotatable bonds is 3. The number of hydrogen-bond acceptors (Lipinski definition) is 0. The number of hydrogen-bond donors (Lipinski definition) is 0. The van der Waals surface area contributed by atoms with Gasteiger partial charge in [-0.25, -0.2) is 0 Å². The zero-order chi connectivity index (χ0) is 35.1. The molecule has 9 aromatic carbocycles. The SMILES string of the molecule is [2H]c1c([2H])c([2H])c2c(-c3ccc4ccccc4c3)c3c([2H])c(-c4ccccc4)c([2H])c([2H])c3c(-c3ccc4c(ccc5ccccc54)c3)c2c1[2H]. The predicted molar refractivity (Wildman–Crippen MR) is 190 cm³/mol. The van der Waals surface area contributed by atoms with Crippen LogP contribution in [0.1, 0.15) is 9.60 Å². The standard InChI is InChI=1S/C44H28/c1-2-10-29(11-3-1)33-22-25-41-42(28-33)44(35-21-18-30-12-4-5-14-32(30)26-35)40-17-9-8-16-39(40)43(41)36-23-24-38-34(27-36)20-19-31-13-6-7-15-37(31)38/h1-28H/i8D,9D,16D,17D,22D,25D,28D. The highest BCUT2D eigenvalue weighted by Gasteiger charge is 2.18.